The Kier molecular flexibility index (Phi) is 4.71. The molecule has 2 rings (SSSR count). The predicted octanol–water partition coefficient (Wildman–Crippen LogP) is 1.77. The molecular formula is C14H18O4S. The topological polar surface area (TPSA) is 63.6 Å². The molecule has 0 bridgehead atoms. The quantitative estimate of drug-likeness (QED) is 0.894. The number of aliphatic carboxylic acids is 1. The van der Waals surface area contributed by atoms with Crippen LogP contribution in [0.25, 0.3) is 0 Å². The first-order valence-electron chi connectivity index (χ1n) is 6.35. The average molecular weight is 282 g/mol. The predicted molar refractivity (Wildman–Crippen MR) is 73.5 cm³/mol. The van der Waals surface area contributed by atoms with Crippen LogP contribution >= 0.6 is 0 Å². The Morgan fingerprint density at radius 1 is 1.53 bits per heavy atom. The lowest BCUT2D eigenvalue weighted by Gasteiger charge is -2.25. The van der Waals surface area contributed by atoms with Crippen molar-refractivity contribution in [2.75, 3.05) is 18.1 Å². The average Bonchev–Trinajstić information content (AvgIpc) is 2.39. The molecule has 0 saturated heterocycles. The number of rotatable bonds is 5. The molecule has 104 valence electrons. The second kappa shape index (κ2) is 6.30. The van der Waals surface area contributed by atoms with Crippen molar-refractivity contribution < 1.29 is 18.8 Å². The minimum atomic E-state index is -1.18. The lowest BCUT2D eigenvalue weighted by molar-refractivity contribution is -0.140. The highest BCUT2D eigenvalue weighted by Gasteiger charge is 2.24. The maximum Gasteiger partial charge on any atom is 0.307 e. The molecule has 0 aliphatic carbocycles. The molecule has 0 saturated carbocycles. The van der Waals surface area contributed by atoms with E-state index < -0.39 is 22.7 Å². The van der Waals surface area contributed by atoms with Crippen molar-refractivity contribution in [2.45, 2.75) is 19.4 Å². The van der Waals surface area contributed by atoms with Gasteiger partial charge in [-0.15, -0.1) is 0 Å². The third-order valence-electron chi connectivity index (χ3n) is 3.29. The maximum absolute atomic E-state index is 12.0. The van der Waals surface area contributed by atoms with E-state index in [-0.39, 0.29) is 11.9 Å². The van der Waals surface area contributed by atoms with Gasteiger partial charge in [0.25, 0.3) is 0 Å². The van der Waals surface area contributed by atoms with Crippen LogP contribution < -0.4 is 0 Å². The zero-order chi connectivity index (χ0) is 13.8. The van der Waals surface area contributed by atoms with E-state index in [1.54, 1.807) is 6.92 Å². The van der Waals surface area contributed by atoms with Gasteiger partial charge in [0.1, 0.15) is 0 Å². The van der Waals surface area contributed by atoms with E-state index in [0.29, 0.717) is 12.4 Å². The van der Waals surface area contributed by atoms with Gasteiger partial charge in [-0.05, 0) is 17.5 Å². The molecule has 5 heteroatoms. The molecule has 0 fully saturated rings. The van der Waals surface area contributed by atoms with Crippen molar-refractivity contribution in [3.8, 4) is 0 Å². The summed E-state index contributed by atoms with van der Waals surface area (Å²) in [6, 6.07) is 8.00. The highest BCUT2D eigenvalue weighted by Crippen LogP contribution is 2.27. The molecule has 3 atom stereocenters. The van der Waals surface area contributed by atoms with E-state index in [2.05, 4.69) is 6.07 Å². The Labute approximate surface area is 115 Å². The number of benzene rings is 1. The van der Waals surface area contributed by atoms with Gasteiger partial charge in [0.2, 0.25) is 0 Å². The van der Waals surface area contributed by atoms with E-state index >= 15 is 0 Å². The number of carboxylic acids is 1. The molecule has 0 radical (unpaired) electrons. The van der Waals surface area contributed by atoms with Crippen LogP contribution in [0.5, 0.6) is 0 Å². The summed E-state index contributed by atoms with van der Waals surface area (Å²) in [6.45, 7) is 2.21. The molecule has 1 aliphatic rings. The molecule has 1 aromatic carbocycles. The Morgan fingerprint density at radius 3 is 3.00 bits per heavy atom. The minimum Gasteiger partial charge on any atom is -0.481 e. The van der Waals surface area contributed by atoms with E-state index in [1.165, 1.54) is 5.56 Å². The fraction of sp³-hybridized carbons (Fsp3) is 0.500. The van der Waals surface area contributed by atoms with Crippen molar-refractivity contribution in [3.63, 3.8) is 0 Å². The molecule has 0 aromatic heterocycles. The standard InChI is InChI=1S/C14H18O4S/c1-10(14(15)16)8-19(17)9-13-12-5-3-2-4-11(12)6-7-18-13/h2-5,10,13H,6-9H2,1H3,(H,15,16). The Hall–Kier alpha value is -1.20. The van der Waals surface area contributed by atoms with E-state index in [4.69, 9.17) is 9.84 Å². The highest BCUT2D eigenvalue weighted by atomic mass is 32.2. The molecular weight excluding hydrogens is 264 g/mol. The zero-order valence-corrected chi connectivity index (χ0v) is 11.7. The molecule has 3 unspecified atom stereocenters. The number of hydrogen-bond acceptors (Lipinski definition) is 3. The second-order valence-electron chi connectivity index (χ2n) is 4.82. The van der Waals surface area contributed by atoms with Crippen molar-refractivity contribution in [2.24, 2.45) is 5.92 Å². The van der Waals surface area contributed by atoms with Crippen LogP contribution in [0.3, 0.4) is 0 Å². The van der Waals surface area contributed by atoms with Crippen LogP contribution in [0.15, 0.2) is 24.3 Å². The molecule has 0 amide bonds. The summed E-state index contributed by atoms with van der Waals surface area (Å²) < 4.78 is 17.7. The summed E-state index contributed by atoms with van der Waals surface area (Å²) in [6.07, 6.45) is 0.706. The number of carbonyl (C=O) groups is 1. The smallest absolute Gasteiger partial charge is 0.307 e. The first-order valence-corrected chi connectivity index (χ1v) is 7.84. The van der Waals surface area contributed by atoms with Gasteiger partial charge in [-0.25, -0.2) is 0 Å². The third-order valence-corrected chi connectivity index (χ3v) is 4.83. The lowest BCUT2D eigenvalue weighted by atomic mass is 9.99. The molecule has 1 N–H and O–H groups in total. The van der Waals surface area contributed by atoms with Gasteiger partial charge in [-0.2, -0.15) is 0 Å². The summed E-state index contributed by atoms with van der Waals surface area (Å²) in [4.78, 5) is 10.8. The summed E-state index contributed by atoms with van der Waals surface area (Å²) >= 11 is 0. The summed E-state index contributed by atoms with van der Waals surface area (Å²) in [5.74, 6) is -0.940. The van der Waals surface area contributed by atoms with Gasteiger partial charge in [-0.1, -0.05) is 31.2 Å². The maximum atomic E-state index is 12.0. The van der Waals surface area contributed by atoms with Crippen LogP contribution in [0.2, 0.25) is 0 Å². The van der Waals surface area contributed by atoms with Gasteiger partial charge < -0.3 is 9.84 Å². The Bertz CT molecular complexity index is 486. The molecule has 4 nitrogen and oxygen atoms in total. The summed E-state index contributed by atoms with van der Waals surface area (Å²) in [5, 5.41) is 8.83. The van der Waals surface area contributed by atoms with Crippen molar-refractivity contribution in [1.82, 2.24) is 0 Å². The van der Waals surface area contributed by atoms with E-state index in [9.17, 15) is 9.00 Å². The minimum absolute atomic E-state index is 0.174. The molecule has 1 aliphatic heterocycles. The van der Waals surface area contributed by atoms with Crippen molar-refractivity contribution in [3.05, 3.63) is 35.4 Å². The number of hydrogen-bond donors (Lipinski definition) is 1. The zero-order valence-electron chi connectivity index (χ0n) is 10.9. The van der Waals surface area contributed by atoms with Gasteiger partial charge >= 0.3 is 5.97 Å². The number of carboxylic acid groups (broad SMARTS) is 1. The van der Waals surface area contributed by atoms with Crippen LogP contribution in [0.1, 0.15) is 24.2 Å². The van der Waals surface area contributed by atoms with E-state index in [0.717, 1.165) is 12.0 Å². The van der Waals surface area contributed by atoms with Crippen LogP contribution in [0, 0.1) is 5.92 Å². The normalized spacial score (nSPS) is 21.4. The van der Waals surface area contributed by atoms with Crippen molar-refractivity contribution >= 4 is 16.8 Å². The SMILES string of the molecule is CC(CS(=O)CC1OCCc2ccccc21)C(=O)O. The lowest BCUT2D eigenvalue weighted by Crippen LogP contribution is -2.25. The fourth-order valence-electron chi connectivity index (χ4n) is 2.20. The first-order chi connectivity index (χ1) is 9.08. The molecule has 1 heterocycles. The van der Waals surface area contributed by atoms with Gasteiger partial charge in [0.05, 0.1) is 24.4 Å². The molecule has 19 heavy (non-hydrogen) atoms. The van der Waals surface area contributed by atoms with E-state index in [1.807, 2.05) is 18.2 Å². The van der Waals surface area contributed by atoms with Crippen molar-refractivity contribution in [1.29, 1.82) is 0 Å². The van der Waals surface area contributed by atoms with Crippen LogP contribution in [-0.4, -0.2) is 33.4 Å². The summed E-state index contributed by atoms with van der Waals surface area (Å²) in [7, 11) is -1.18. The van der Waals surface area contributed by atoms with Crippen LogP contribution in [0.4, 0.5) is 0 Å². The summed E-state index contributed by atoms with van der Waals surface area (Å²) in [5.41, 5.74) is 2.33. The van der Waals surface area contributed by atoms with Crippen LogP contribution in [-0.2, 0) is 26.8 Å². The second-order valence-corrected chi connectivity index (χ2v) is 6.37. The largest absolute Gasteiger partial charge is 0.481 e. The van der Waals surface area contributed by atoms with Gasteiger partial charge in [-0.3, -0.25) is 9.00 Å². The number of fused-ring (bicyclic) bond motifs is 1. The monoisotopic (exact) mass is 282 g/mol. The Morgan fingerprint density at radius 2 is 2.26 bits per heavy atom. The highest BCUT2D eigenvalue weighted by molar-refractivity contribution is 7.85. The fourth-order valence-corrected chi connectivity index (χ4v) is 3.65. The molecule has 0 spiro atoms. The van der Waals surface area contributed by atoms with Gasteiger partial charge in [0.15, 0.2) is 0 Å². The third kappa shape index (κ3) is 3.64. The first kappa shape index (κ1) is 14.2. The van der Waals surface area contributed by atoms with Gasteiger partial charge in [0, 0.05) is 16.6 Å². The Balaban J connectivity index is 2.01. The number of ether oxygens (including phenoxy) is 1. The molecule has 1 aromatic rings.